The highest BCUT2D eigenvalue weighted by Gasteiger charge is 2.23. The first-order chi connectivity index (χ1) is 6.38. The Kier molecular flexibility index (Phi) is 3.23. The third-order valence-electron chi connectivity index (χ3n) is 3.38. The van der Waals surface area contributed by atoms with E-state index < -0.39 is 0 Å². The summed E-state index contributed by atoms with van der Waals surface area (Å²) >= 11 is 0. The van der Waals surface area contributed by atoms with Crippen LogP contribution in [0.5, 0.6) is 0 Å². The molecule has 0 aromatic rings. The lowest BCUT2D eigenvalue weighted by atomic mass is 10.1. The first-order valence-electron chi connectivity index (χ1n) is 5.84. The second kappa shape index (κ2) is 4.43. The standard InChI is InChI=1S/C11H22N2/c1-2-11-9-13(8-6-12-11)7-5-10-3-4-10/h10-12H,2-9H2,1H3. The van der Waals surface area contributed by atoms with Crippen molar-refractivity contribution in [1.82, 2.24) is 10.2 Å². The van der Waals surface area contributed by atoms with Crippen molar-refractivity contribution >= 4 is 0 Å². The minimum Gasteiger partial charge on any atom is -0.311 e. The molecule has 0 aromatic heterocycles. The summed E-state index contributed by atoms with van der Waals surface area (Å²) in [5.41, 5.74) is 0. The highest BCUT2D eigenvalue weighted by Crippen LogP contribution is 2.32. The molecule has 2 rings (SSSR count). The van der Waals surface area contributed by atoms with Gasteiger partial charge in [0.1, 0.15) is 0 Å². The van der Waals surface area contributed by atoms with Crippen LogP contribution in [0.3, 0.4) is 0 Å². The normalized spacial score (nSPS) is 30.7. The van der Waals surface area contributed by atoms with Crippen molar-refractivity contribution in [1.29, 1.82) is 0 Å². The molecular formula is C11H22N2. The largest absolute Gasteiger partial charge is 0.311 e. The molecule has 0 radical (unpaired) electrons. The molecule has 13 heavy (non-hydrogen) atoms. The number of rotatable bonds is 4. The van der Waals surface area contributed by atoms with E-state index in [4.69, 9.17) is 0 Å². The molecule has 1 saturated heterocycles. The summed E-state index contributed by atoms with van der Waals surface area (Å²) < 4.78 is 0. The van der Waals surface area contributed by atoms with Crippen LogP contribution in [-0.4, -0.2) is 37.1 Å². The van der Waals surface area contributed by atoms with E-state index in [9.17, 15) is 0 Å². The van der Waals surface area contributed by atoms with Crippen LogP contribution in [0.25, 0.3) is 0 Å². The smallest absolute Gasteiger partial charge is 0.0192 e. The van der Waals surface area contributed by atoms with E-state index in [0.29, 0.717) is 0 Å². The number of piperazine rings is 1. The zero-order valence-electron chi connectivity index (χ0n) is 8.76. The van der Waals surface area contributed by atoms with Crippen LogP contribution in [0.15, 0.2) is 0 Å². The van der Waals surface area contributed by atoms with Crippen molar-refractivity contribution in [3.63, 3.8) is 0 Å². The van der Waals surface area contributed by atoms with Crippen molar-refractivity contribution < 1.29 is 0 Å². The molecule has 0 spiro atoms. The average molecular weight is 182 g/mol. The summed E-state index contributed by atoms with van der Waals surface area (Å²) in [5, 5.41) is 3.56. The minimum absolute atomic E-state index is 0.757. The molecule has 1 aliphatic carbocycles. The number of nitrogens with one attached hydrogen (secondary N) is 1. The zero-order chi connectivity index (χ0) is 9.10. The van der Waals surface area contributed by atoms with Gasteiger partial charge in [-0.1, -0.05) is 19.8 Å². The fourth-order valence-corrected chi connectivity index (χ4v) is 2.14. The van der Waals surface area contributed by atoms with E-state index in [1.165, 1.54) is 51.9 Å². The van der Waals surface area contributed by atoms with E-state index in [-0.39, 0.29) is 0 Å². The molecule has 1 aliphatic heterocycles. The molecule has 76 valence electrons. The maximum Gasteiger partial charge on any atom is 0.0192 e. The molecule has 1 heterocycles. The number of hydrogen-bond acceptors (Lipinski definition) is 2. The van der Waals surface area contributed by atoms with Gasteiger partial charge in [-0.15, -0.1) is 0 Å². The molecular weight excluding hydrogens is 160 g/mol. The van der Waals surface area contributed by atoms with Gasteiger partial charge in [-0.3, -0.25) is 0 Å². The Bertz CT molecular complexity index is 154. The van der Waals surface area contributed by atoms with Crippen LogP contribution in [0.4, 0.5) is 0 Å². The van der Waals surface area contributed by atoms with Gasteiger partial charge >= 0.3 is 0 Å². The quantitative estimate of drug-likeness (QED) is 0.708. The maximum atomic E-state index is 3.56. The van der Waals surface area contributed by atoms with Gasteiger partial charge in [0.25, 0.3) is 0 Å². The topological polar surface area (TPSA) is 15.3 Å². The van der Waals surface area contributed by atoms with Crippen LogP contribution in [0.1, 0.15) is 32.6 Å². The summed E-state index contributed by atoms with van der Waals surface area (Å²) in [6.45, 7) is 7.38. The lowest BCUT2D eigenvalue weighted by molar-refractivity contribution is 0.192. The van der Waals surface area contributed by atoms with Gasteiger partial charge in [0.15, 0.2) is 0 Å². The molecule has 2 aliphatic rings. The third kappa shape index (κ3) is 2.96. The molecule has 0 amide bonds. The van der Waals surface area contributed by atoms with Gasteiger partial charge in [-0.2, -0.15) is 0 Å². The summed E-state index contributed by atoms with van der Waals surface area (Å²) in [6, 6.07) is 0.757. The SMILES string of the molecule is CCC1CN(CCC2CC2)CCN1. The molecule has 1 unspecified atom stereocenters. The van der Waals surface area contributed by atoms with E-state index in [1.807, 2.05) is 0 Å². The Morgan fingerprint density at radius 2 is 2.23 bits per heavy atom. The molecule has 1 saturated carbocycles. The Morgan fingerprint density at radius 1 is 1.38 bits per heavy atom. The first kappa shape index (κ1) is 9.47. The van der Waals surface area contributed by atoms with Gasteiger partial charge < -0.3 is 10.2 Å². The first-order valence-corrected chi connectivity index (χ1v) is 5.84. The molecule has 2 nitrogen and oxygen atoms in total. The van der Waals surface area contributed by atoms with Crippen molar-refractivity contribution in [3.05, 3.63) is 0 Å². The summed E-state index contributed by atoms with van der Waals surface area (Å²) in [5.74, 6) is 1.09. The average Bonchev–Trinajstić information content (AvgIpc) is 2.99. The predicted octanol–water partition coefficient (Wildman–Crippen LogP) is 1.47. The summed E-state index contributed by atoms with van der Waals surface area (Å²) in [7, 11) is 0. The number of hydrogen-bond donors (Lipinski definition) is 1. The number of nitrogens with zero attached hydrogens (tertiary/aromatic N) is 1. The fourth-order valence-electron chi connectivity index (χ4n) is 2.14. The summed E-state index contributed by atoms with van der Waals surface area (Å²) in [6.07, 6.45) is 5.74. The van der Waals surface area contributed by atoms with Crippen LogP contribution in [0.2, 0.25) is 0 Å². The van der Waals surface area contributed by atoms with Gasteiger partial charge in [0, 0.05) is 25.7 Å². The molecule has 2 heteroatoms. The van der Waals surface area contributed by atoms with Gasteiger partial charge in [-0.25, -0.2) is 0 Å². The third-order valence-corrected chi connectivity index (χ3v) is 3.38. The molecule has 2 fully saturated rings. The maximum absolute atomic E-state index is 3.56. The van der Waals surface area contributed by atoms with E-state index in [0.717, 1.165) is 12.0 Å². The van der Waals surface area contributed by atoms with E-state index >= 15 is 0 Å². The monoisotopic (exact) mass is 182 g/mol. The zero-order valence-corrected chi connectivity index (χ0v) is 8.76. The van der Waals surface area contributed by atoms with Gasteiger partial charge in [0.05, 0.1) is 0 Å². The highest BCUT2D eigenvalue weighted by molar-refractivity contribution is 4.80. The molecule has 0 aromatic carbocycles. The molecule has 1 N–H and O–H groups in total. The molecule has 1 atom stereocenters. The van der Waals surface area contributed by atoms with Crippen molar-refractivity contribution in [3.8, 4) is 0 Å². The highest BCUT2D eigenvalue weighted by atomic mass is 15.2. The Balaban J connectivity index is 1.65. The van der Waals surface area contributed by atoms with Gasteiger partial charge in [-0.05, 0) is 25.3 Å². The van der Waals surface area contributed by atoms with Crippen LogP contribution < -0.4 is 5.32 Å². The Hall–Kier alpha value is -0.0800. The van der Waals surface area contributed by atoms with Crippen LogP contribution >= 0.6 is 0 Å². The van der Waals surface area contributed by atoms with E-state index in [2.05, 4.69) is 17.1 Å². The van der Waals surface area contributed by atoms with Crippen molar-refractivity contribution in [2.75, 3.05) is 26.2 Å². The van der Waals surface area contributed by atoms with Crippen LogP contribution in [0, 0.1) is 5.92 Å². The Morgan fingerprint density at radius 3 is 2.92 bits per heavy atom. The fraction of sp³-hybridized carbons (Fsp3) is 1.00. The van der Waals surface area contributed by atoms with Crippen molar-refractivity contribution in [2.45, 2.75) is 38.6 Å². The summed E-state index contributed by atoms with van der Waals surface area (Å²) in [4.78, 5) is 2.64. The minimum atomic E-state index is 0.757. The lowest BCUT2D eigenvalue weighted by Crippen LogP contribution is -2.50. The van der Waals surface area contributed by atoms with Gasteiger partial charge in [0.2, 0.25) is 0 Å². The predicted molar refractivity (Wildman–Crippen MR) is 55.9 cm³/mol. The van der Waals surface area contributed by atoms with E-state index in [1.54, 1.807) is 0 Å². The van der Waals surface area contributed by atoms with Crippen LogP contribution in [-0.2, 0) is 0 Å². The Labute approximate surface area is 81.7 Å². The second-order valence-electron chi connectivity index (χ2n) is 4.59. The van der Waals surface area contributed by atoms with Crippen molar-refractivity contribution in [2.24, 2.45) is 5.92 Å². The molecule has 0 bridgehead atoms. The lowest BCUT2D eigenvalue weighted by Gasteiger charge is -2.33. The second-order valence-corrected chi connectivity index (χ2v) is 4.59.